The lowest BCUT2D eigenvalue weighted by Gasteiger charge is -2.30. The van der Waals surface area contributed by atoms with Gasteiger partial charge in [0.05, 0.1) is 13.2 Å². The van der Waals surface area contributed by atoms with E-state index >= 15 is 0 Å². The molecule has 0 spiro atoms. The second-order valence-corrected chi connectivity index (χ2v) is 5.45. The predicted molar refractivity (Wildman–Crippen MR) is 75.2 cm³/mol. The standard InChI is InChI=1S/C14H28N2O3/c1-5-8-15-14(2,13(17)19-4)7-10-16-9-6-12(11-16)18-3/h12,15H,5-11H2,1-4H3. The fourth-order valence-corrected chi connectivity index (χ4v) is 2.46. The van der Waals surface area contributed by atoms with Crippen molar-refractivity contribution in [3.8, 4) is 0 Å². The normalized spacial score (nSPS) is 23.3. The molecule has 0 aromatic rings. The van der Waals surface area contributed by atoms with E-state index in [0.29, 0.717) is 6.10 Å². The first-order chi connectivity index (χ1) is 9.05. The van der Waals surface area contributed by atoms with Crippen molar-refractivity contribution in [2.24, 2.45) is 0 Å². The molecule has 0 aromatic carbocycles. The smallest absolute Gasteiger partial charge is 0.325 e. The number of nitrogens with zero attached hydrogens (tertiary/aromatic N) is 1. The van der Waals surface area contributed by atoms with Crippen molar-refractivity contribution in [3.63, 3.8) is 0 Å². The summed E-state index contributed by atoms with van der Waals surface area (Å²) in [5.41, 5.74) is -0.587. The van der Waals surface area contributed by atoms with Crippen molar-refractivity contribution in [1.29, 1.82) is 0 Å². The lowest BCUT2D eigenvalue weighted by Crippen LogP contribution is -2.52. The van der Waals surface area contributed by atoms with E-state index in [9.17, 15) is 4.79 Å². The lowest BCUT2D eigenvalue weighted by molar-refractivity contribution is -0.148. The van der Waals surface area contributed by atoms with Gasteiger partial charge in [0.25, 0.3) is 0 Å². The summed E-state index contributed by atoms with van der Waals surface area (Å²) in [6.45, 7) is 7.74. The number of nitrogens with one attached hydrogen (secondary N) is 1. The van der Waals surface area contributed by atoms with Crippen molar-refractivity contribution in [1.82, 2.24) is 10.2 Å². The van der Waals surface area contributed by atoms with Crippen molar-refractivity contribution in [2.75, 3.05) is 40.4 Å². The Labute approximate surface area is 116 Å². The number of carbonyl (C=O) groups excluding carboxylic acids is 1. The summed E-state index contributed by atoms with van der Waals surface area (Å²) in [6, 6.07) is 0. The first-order valence-electron chi connectivity index (χ1n) is 7.14. The van der Waals surface area contributed by atoms with E-state index < -0.39 is 5.54 Å². The van der Waals surface area contributed by atoms with Gasteiger partial charge in [-0.05, 0) is 32.7 Å². The molecule has 0 aliphatic carbocycles. The van der Waals surface area contributed by atoms with Gasteiger partial charge in [-0.1, -0.05) is 6.92 Å². The number of hydrogen-bond donors (Lipinski definition) is 1. The topological polar surface area (TPSA) is 50.8 Å². The summed E-state index contributed by atoms with van der Waals surface area (Å²) in [7, 11) is 3.21. The van der Waals surface area contributed by atoms with Gasteiger partial charge in [-0.3, -0.25) is 4.79 Å². The Balaban J connectivity index is 2.46. The molecule has 1 rings (SSSR count). The van der Waals surface area contributed by atoms with E-state index in [0.717, 1.165) is 45.4 Å². The third-order valence-corrected chi connectivity index (χ3v) is 3.89. The van der Waals surface area contributed by atoms with E-state index in [1.807, 2.05) is 6.92 Å². The SMILES string of the molecule is CCCNC(C)(CCN1CCC(OC)C1)C(=O)OC. The first-order valence-corrected chi connectivity index (χ1v) is 7.14. The summed E-state index contributed by atoms with van der Waals surface area (Å²) in [4.78, 5) is 14.3. The zero-order valence-electron chi connectivity index (χ0n) is 12.7. The summed E-state index contributed by atoms with van der Waals surface area (Å²) in [6.07, 6.45) is 3.18. The van der Waals surface area contributed by atoms with Gasteiger partial charge in [0.15, 0.2) is 0 Å². The largest absolute Gasteiger partial charge is 0.468 e. The maximum atomic E-state index is 11.9. The van der Waals surface area contributed by atoms with Crippen LogP contribution in [0.2, 0.25) is 0 Å². The Hall–Kier alpha value is -0.650. The Bertz CT molecular complexity index is 286. The third-order valence-electron chi connectivity index (χ3n) is 3.89. The molecule has 1 N–H and O–H groups in total. The van der Waals surface area contributed by atoms with E-state index in [1.165, 1.54) is 7.11 Å². The lowest BCUT2D eigenvalue weighted by atomic mass is 9.97. The van der Waals surface area contributed by atoms with Gasteiger partial charge in [0, 0.05) is 26.7 Å². The first kappa shape index (κ1) is 16.4. The minimum Gasteiger partial charge on any atom is -0.468 e. The number of hydrogen-bond acceptors (Lipinski definition) is 5. The summed E-state index contributed by atoms with van der Waals surface area (Å²) in [5.74, 6) is -0.177. The molecule has 1 heterocycles. The number of esters is 1. The average Bonchev–Trinajstić information content (AvgIpc) is 2.90. The maximum Gasteiger partial charge on any atom is 0.325 e. The molecule has 1 fully saturated rings. The Morgan fingerprint density at radius 1 is 1.47 bits per heavy atom. The number of likely N-dealkylation sites (tertiary alicyclic amines) is 1. The van der Waals surface area contributed by atoms with Crippen LogP contribution in [0.3, 0.4) is 0 Å². The van der Waals surface area contributed by atoms with Crippen LogP contribution in [0.25, 0.3) is 0 Å². The van der Waals surface area contributed by atoms with Crippen molar-refractivity contribution < 1.29 is 14.3 Å². The van der Waals surface area contributed by atoms with Gasteiger partial charge in [-0.15, -0.1) is 0 Å². The fourth-order valence-electron chi connectivity index (χ4n) is 2.46. The quantitative estimate of drug-likeness (QED) is 0.669. The van der Waals surface area contributed by atoms with Crippen LogP contribution in [-0.4, -0.2) is 62.9 Å². The van der Waals surface area contributed by atoms with Crippen LogP contribution in [0.15, 0.2) is 0 Å². The van der Waals surface area contributed by atoms with E-state index in [1.54, 1.807) is 7.11 Å². The van der Waals surface area contributed by atoms with E-state index in [2.05, 4.69) is 17.1 Å². The van der Waals surface area contributed by atoms with Gasteiger partial charge in [-0.2, -0.15) is 0 Å². The number of ether oxygens (including phenoxy) is 2. The van der Waals surface area contributed by atoms with Gasteiger partial charge >= 0.3 is 5.97 Å². The van der Waals surface area contributed by atoms with Gasteiger partial charge < -0.3 is 19.7 Å². The molecule has 112 valence electrons. The molecular weight excluding hydrogens is 244 g/mol. The summed E-state index contributed by atoms with van der Waals surface area (Å²) in [5, 5.41) is 3.31. The number of methoxy groups -OCH3 is 2. The third kappa shape index (κ3) is 4.75. The fraction of sp³-hybridized carbons (Fsp3) is 0.929. The van der Waals surface area contributed by atoms with E-state index in [4.69, 9.17) is 9.47 Å². The molecule has 0 aromatic heterocycles. The monoisotopic (exact) mass is 272 g/mol. The Kier molecular flexibility index (Phi) is 6.75. The maximum absolute atomic E-state index is 11.9. The second-order valence-electron chi connectivity index (χ2n) is 5.45. The molecule has 1 aliphatic rings. The van der Waals surface area contributed by atoms with Crippen LogP contribution in [0.1, 0.15) is 33.1 Å². The molecule has 1 aliphatic heterocycles. The van der Waals surface area contributed by atoms with Gasteiger partial charge in [0.1, 0.15) is 5.54 Å². The Morgan fingerprint density at radius 3 is 2.74 bits per heavy atom. The van der Waals surface area contributed by atoms with Crippen molar-refractivity contribution >= 4 is 5.97 Å². The molecular formula is C14H28N2O3. The predicted octanol–water partition coefficient (Wildman–Crippen LogP) is 1.03. The highest BCUT2D eigenvalue weighted by atomic mass is 16.5. The molecule has 5 heteroatoms. The van der Waals surface area contributed by atoms with Crippen LogP contribution >= 0.6 is 0 Å². The highest BCUT2D eigenvalue weighted by Gasteiger charge is 2.34. The highest BCUT2D eigenvalue weighted by Crippen LogP contribution is 2.17. The zero-order chi connectivity index (χ0) is 14.3. The van der Waals surface area contributed by atoms with Crippen LogP contribution in [0.4, 0.5) is 0 Å². The van der Waals surface area contributed by atoms with Gasteiger partial charge in [0.2, 0.25) is 0 Å². The number of rotatable bonds is 8. The van der Waals surface area contributed by atoms with Crippen LogP contribution < -0.4 is 5.32 Å². The van der Waals surface area contributed by atoms with E-state index in [-0.39, 0.29) is 5.97 Å². The zero-order valence-corrected chi connectivity index (χ0v) is 12.7. The van der Waals surface area contributed by atoms with Crippen LogP contribution in [0, 0.1) is 0 Å². The molecule has 2 atom stereocenters. The highest BCUT2D eigenvalue weighted by molar-refractivity contribution is 5.80. The minimum absolute atomic E-state index is 0.177. The van der Waals surface area contributed by atoms with Crippen LogP contribution in [0.5, 0.6) is 0 Å². The molecule has 0 bridgehead atoms. The molecule has 5 nitrogen and oxygen atoms in total. The molecule has 0 saturated carbocycles. The molecule has 0 amide bonds. The molecule has 2 unspecified atom stereocenters. The van der Waals surface area contributed by atoms with Crippen LogP contribution in [-0.2, 0) is 14.3 Å². The summed E-state index contributed by atoms with van der Waals surface area (Å²) >= 11 is 0. The molecule has 19 heavy (non-hydrogen) atoms. The molecule has 0 radical (unpaired) electrons. The molecule has 1 saturated heterocycles. The minimum atomic E-state index is -0.587. The van der Waals surface area contributed by atoms with Crippen molar-refractivity contribution in [2.45, 2.75) is 44.8 Å². The van der Waals surface area contributed by atoms with Crippen molar-refractivity contribution in [3.05, 3.63) is 0 Å². The second kappa shape index (κ2) is 7.82. The summed E-state index contributed by atoms with van der Waals surface area (Å²) < 4.78 is 10.3. The van der Waals surface area contributed by atoms with Gasteiger partial charge in [-0.25, -0.2) is 0 Å². The Morgan fingerprint density at radius 2 is 2.21 bits per heavy atom. The number of carbonyl (C=O) groups is 1. The average molecular weight is 272 g/mol.